The van der Waals surface area contributed by atoms with Crippen LogP contribution < -0.4 is 9.46 Å². The van der Waals surface area contributed by atoms with Gasteiger partial charge in [-0.05, 0) is 67.6 Å². The second kappa shape index (κ2) is 10.7. The van der Waals surface area contributed by atoms with Gasteiger partial charge in [-0.15, -0.1) is 0 Å². The van der Waals surface area contributed by atoms with Gasteiger partial charge >= 0.3 is 0 Å². The van der Waals surface area contributed by atoms with Gasteiger partial charge in [-0.2, -0.15) is 0 Å². The molecular weight excluding hydrogens is 519 g/mol. The number of aromatic nitrogens is 1. The average Bonchev–Trinajstić information content (AvgIpc) is 3.29. The molecule has 1 aliphatic carbocycles. The highest BCUT2D eigenvalue weighted by atomic mass is 35.5. The molecule has 0 aliphatic heterocycles. The Kier molecular flexibility index (Phi) is 7.44. The van der Waals surface area contributed by atoms with E-state index < -0.39 is 10.0 Å². The van der Waals surface area contributed by atoms with Crippen molar-refractivity contribution in [2.45, 2.75) is 49.4 Å². The maximum absolute atomic E-state index is 13.0. The third kappa shape index (κ3) is 5.65. The molecule has 1 saturated carbocycles. The minimum atomic E-state index is -3.82. The summed E-state index contributed by atoms with van der Waals surface area (Å²) < 4.78 is 40.8. The molecule has 9 heteroatoms. The number of hydrogen-bond donors (Lipinski definition) is 2. The molecule has 1 fully saturated rings. The highest BCUT2D eigenvalue weighted by molar-refractivity contribution is 7.92. The molecule has 3 aromatic carbocycles. The number of hydrogen-bond acceptors (Lipinski definition) is 4. The third-order valence-electron chi connectivity index (χ3n) is 6.37. The van der Waals surface area contributed by atoms with Crippen LogP contribution >= 0.6 is 23.2 Å². The molecule has 1 aromatic heterocycles. The lowest BCUT2D eigenvalue weighted by atomic mass is 9.95. The van der Waals surface area contributed by atoms with Crippen LogP contribution in [0.2, 0.25) is 10.0 Å². The standard InChI is InChI=1S/C27H26Cl2N2O4S/c28-23-14-15-25(27-26(23)24(29)16-30-27)31-36(32,33)22-12-10-21(11-13-22)35-20-8-6-19(7-9-20)34-17-18-4-2-1-3-5-18/h1-5,10-16,19-20,30-31H,6-9,17H2. The number of nitrogens with one attached hydrogen (secondary N) is 2. The highest BCUT2D eigenvalue weighted by Crippen LogP contribution is 2.35. The number of anilines is 1. The second-order valence-electron chi connectivity index (χ2n) is 8.87. The van der Waals surface area contributed by atoms with E-state index in [0.717, 1.165) is 25.7 Å². The van der Waals surface area contributed by atoms with Crippen molar-refractivity contribution >= 4 is 49.8 Å². The molecule has 188 valence electrons. The molecule has 5 rings (SSSR count). The summed E-state index contributed by atoms with van der Waals surface area (Å²) in [5, 5.41) is 1.44. The van der Waals surface area contributed by atoms with E-state index in [9.17, 15) is 8.42 Å². The molecule has 1 heterocycles. The lowest BCUT2D eigenvalue weighted by Gasteiger charge is -2.29. The van der Waals surface area contributed by atoms with Crippen molar-refractivity contribution in [3.05, 3.63) is 88.5 Å². The van der Waals surface area contributed by atoms with Crippen molar-refractivity contribution in [1.82, 2.24) is 4.98 Å². The fourth-order valence-corrected chi connectivity index (χ4v) is 6.08. The van der Waals surface area contributed by atoms with Gasteiger partial charge in [0.1, 0.15) is 5.75 Å². The van der Waals surface area contributed by atoms with Crippen molar-refractivity contribution in [1.29, 1.82) is 0 Å². The third-order valence-corrected chi connectivity index (χ3v) is 8.36. The number of fused-ring (bicyclic) bond motifs is 1. The summed E-state index contributed by atoms with van der Waals surface area (Å²) in [5.41, 5.74) is 2.07. The molecule has 0 atom stereocenters. The molecule has 2 N–H and O–H groups in total. The van der Waals surface area contributed by atoms with E-state index >= 15 is 0 Å². The zero-order chi connectivity index (χ0) is 25.1. The number of H-pyrrole nitrogens is 1. The first-order valence-electron chi connectivity index (χ1n) is 11.8. The van der Waals surface area contributed by atoms with E-state index in [1.165, 1.54) is 5.56 Å². The zero-order valence-electron chi connectivity index (χ0n) is 19.4. The Morgan fingerprint density at radius 1 is 0.861 bits per heavy atom. The number of benzene rings is 3. The highest BCUT2D eigenvalue weighted by Gasteiger charge is 2.23. The molecule has 0 saturated heterocycles. The van der Waals surface area contributed by atoms with Crippen LogP contribution in [0.15, 0.2) is 77.8 Å². The Balaban J connectivity index is 1.17. The van der Waals surface area contributed by atoms with Crippen LogP contribution in [0.25, 0.3) is 10.9 Å². The Morgan fingerprint density at radius 3 is 2.28 bits per heavy atom. The SMILES string of the molecule is O=S(=O)(Nc1ccc(Cl)c2c(Cl)c[nH]c12)c1ccc(OC2CCC(OCc3ccccc3)CC2)cc1. The first-order valence-corrected chi connectivity index (χ1v) is 14.0. The Bertz CT molecular complexity index is 1430. The van der Waals surface area contributed by atoms with Crippen LogP contribution in [-0.4, -0.2) is 25.6 Å². The Hall–Kier alpha value is -2.71. The largest absolute Gasteiger partial charge is 0.490 e. The summed E-state index contributed by atoms with van der Waals surface area (Å²) in [6.07, 6.45) is 5.56. The van der Waals surface area contributed by atoms with Crippen LogP contribution in [0.4, 0.5) is 5.69 Å². The van der Waals surface area contributed by atoms with Gasteiger partial charge in [0, 0.05) is 11.6 Å². The topological polar surface area (TPSA) is 80.4 Å². The predicted molar refractivity (Wildman–Crippen MR) is 143 cm³/mol. The molecule has 0 bridgehead atoms. The number of rotatable bonds is 8. The van der Waals surface area contributed by atoms with Crippen LogP contribution in [0.1, 0.15) is 31.2 Å². The van der Waals surface area contributed by atoms with Gasteiger partial charge in [0.25, 0.3) is 10.0 Å². The summed E-state index contributed by atoms with van der Waals surface area (Å²) in [7, 11) is -3.82. The lowest BCUT2D eigenvalue weighted by Crippen LogP contribution is -2.28. The maximum atomic E-state index is 13.0. The molecular formula is C27H26Cl2N2O4S. The predicted octanol–water partition coefficient (Wildman–Crippen LogP) is 7.18. The van der Waals surface area contributed by atoms with Crippen LogP contribution in [0.3, 0.4) is 0 Å². The van der Waals surface area contributed by atoms with Crippen molar-refractivity contribution in [2.24, 2.45) is 0 Å². The molecule has 0 unspecified atom stereocenters. The Morgan fingerprint density at radius 2 is 1.56 bits per heavy atom. The summed E-state index contributed by atoms with van der Waals surface area (Å²) in [6.45, 7) is 0.624. The summed E-state index contributed by atoms with van der Waals surface area (Å²) in [4.78, 5) is 3.11. The van der Waals surface area contributed by atoms with Gasteiger partial charge in [0.2, 0.25) is 0 Å². The van der Waals surface area contributed by atoms with Crippen LogP contribution in [0.5, 0.6) is 5.75 Å². The molecule has 6 nitrogen and oxygen atoms in total. The molecule has 0 radical (unpaired) electrons. The van der Waals surface area contributed by atoms with Crippen LogP contribution in [-0.2, 0) is 21.4 Å². The van der Waals surface area contributed by atoms with E-state index in [1.54, 1.807) is 42.6 Å². The van der Waals surface area contributed by atoms with Crippen molar-refractivity contribution in [2.75, 3.05) is 4.72 Å². The second-order valence-corrected chi connectivity index (χ2v) is 11.4. The van der Waals surface area contributed by atoms with E-state index in [1.807, 2.05) is 18.2 Å². The molecule has 0 spiro atoms. The fraction of sp³-hybridized carbons (Fsp3) is 0.259. The van der Waals surface area contributed by atoms with Crippen LogP contribution in [0, 0.1) is 0 Å². The van der Waals surface area contributed by atoms with E-state index in [2.05, 4.69) is 21.8 Å². The summed E-state index contributed by atoms with van der Waals surface area (Å²) in [6, 6.07) is 19.9. The lowest BCUT2D eigenvalue weighted by molar-refractivity contribution is -0.00662. The quantitative estimate of drug-likeness (QED) is 0.246. The van der Waals surface area contributed by atoms with E-state index in [4.69, 9.17) is 32.7 Å². The Labute approximate surface area is 220 Å². The van der Waals surface area contributed by atoms with Gasteiger partial charge in [0.05, 0.1) is 45.0 Å². The number of halogens is 2. The molecule has 36 heavy (non-hydrogen) atoms. The van der Waals surface area contributed by atoms with Gasteiger partial charge in [0.15, 0.2) is 0 Å². The zero-order valence-corrected chi connectivity index (χ0v) is 21.7. The van der Waals surface area contributed by atoms with Gasteiger partial charge in [-0.25, -0.2) is 8.42 Å². The number of sulfonamides is 1. The van der Waals surface area contributed by atoms with E-state index in [0.29, 0.717) is 39.0 Å². The summed E-state index contributed by atoms with van der Waals surface area (Å²) >= 11 is 12.4. The minimum absolute atomic E-state index is 0.0853. The number of aromatic amines is 1. The molecule has 0 amide bonds. The molecule has 1 aliphatic rings. The number of ether oxygens (including phenoxy) is 2. The minimum Gasteiger partial charge on any atom is -0.490 e. The smallest absolute Gasteiger partial charge is 0.261 e. The van der Waals surface area contributed by atoms with Crippen molar-refractivity contribution in [3.8, 4) is 5.75 Å². The fourth-order valence-electron chi connectivity index (χ4n) is 4.45. The average molecular weight is 545 g/mol. The molecule has 4 aromatic rings. The maximum Gasteiger partial charge on any atom is 0.261 e. The first-order chi connectivity index (χ1) is 17.4. The first kappa shape index (κ1) is 25.0. The normalized spacial score (nSPS) is 18.3. The van der Waals surface area contributed by atoms with Crippen molar-refractivity contribution < 1.29 is 17.9 Å². The van der Waals surface area contributed by atoms with E-state index in [-0.39, 0.29) is 17.1 Å². The van der Waals surface area contributed by atoms with Gasteiger partial charge < -0.3 is 14.5 Å². The van der Waals surface area contributed by atoms with Crippen molar-refractivity contribution in [3.63, 3.8) is 0 Å². The monoisotopic (exact) mass is 544 g/mol. The van der Waals surface area contributed by atoms with Gasteiger partial charge in [-0.1, -0.05) is 53.5 Å². The van der Waals surface area contributed by atoms with Gasteiger partial charge in [-0.3, -0.25) is 4.72 Å². The summed E-state index contributed by atoms with van der Waals surface area (Å²) in [5.74, 6) is 0.646.